The molecule has 1 unspecified atom stereocenters. The van der Waals surface area contributed by atoms with E-state index in [1.165, 1.54) is 16.0 Å². The normalized spacial score (nSPS) is 12.8. The van der Waals surface area contributed by atoms with Crippen LogP contribution in [-0.4, -0.2) is 36.3 Å². The van der Waals surface area contributed by atoms with E-state index in [0.717, 1.165) is 5.01 Å². The van der Waals surface area contributed by atoms with Crippen LogP contribution in [-0.2, 0) is 11.3 Å². The Balaban J connectivity index is 2.21. The largest absolute Gasteiger partial charge is 0.481 e. The van der Waals surface area contributed by atoms with Gasteiger partial charge >= 0.3 is 5.97 Å². The Morgan fingerprint density at radius 3 is 2.80 bits per heavy atom. The van der Waals surface area contributed by atoms with E-state index in [4.69, 9.17) is 0 Å². The van der Waals surface area contributed by atoms with E-state index in [2.05, 4.69) is 20.5 Å². The summed E-state index contributed by atoms with van der Waals surface area (Å²) in [6, 6.07) is 0. The molecule has 0 radical (unpaired) electrons. The molecule has 0 saturated carbocycles. The van der Waals surface area contributed by atoms with Gasteiger partial charge in [-0.2, -0.15) is 0 Å². The molecule has 20 heavy (non-hydrogen) atoms. The standard InChI is InChI=1S/C12H17N5O2S/c1-7(2)4-9(12(18)19)5-17-11(14-15-16-17)10-6-20-8(3)13-10/h6-7,9H,4-5H2,1-3H3,(H,18,19). The number of aryl methyl sites for hydroxylation is 1. The number of carboxylic acids is 1. The summed E-state index contributed by atoms with van der Waals surface area (Å²) in [5.41, 5.74) is 0.686. The highest BCUT2D eigenvalue weighted by Gasteiger charge is 2.22. The van der Waals surface area contributed by atoms with Gasteiger partial charge in [0, 0.05) is 5.38 Å². The van der Waals surface area contributed by atoms with E-state index < -0.39 is 11.9 Å². The van der Waals surface area contributed by atoms with E-state index in [9.17, 15) is 9.90 Å². The Bertz CT molecular complexity index is 592. The van der Waals surface area contributed by atoms with Crippen LogP contribution in [0.4, 0.5) is 0 Å². The highest BCUT2D eigenvalue weighted by molar-refractivity contribution is 7.09. The smallest absolute Gasteiger partial charge is 0.308 e. The van der Waals surface area contributed by atoms with Gasteiger partial charge in [-0.3, -0.25) is 4.79 Å². The summed E-state index contributed by atoms with van der Waals surface area (Å²) in [4.78, 5) is 15.7. The number of hydrogen-bond acceptors (Lipinski definition) is 6. The van der Waals surface area contributed by atoms with Crippen LogP contribution in [0.2, 0.25) is 0 Å². The van der Waals surface area contributed by atoms with Gasteiger partial charge in [0.25, 0.3) is 0 Å². The molecular formula is C12H17N5O2S. The molecule has 0 fully saturated rings. The van der Waals surface area contributed by atoms with Crippen LogP contribution in [0.1, 0.15) is 25.3 Å². The average Bonchev–Trinajstić information content (AvgIpc) is 2.96. The lowest BCUT2D eigenvalue weighted by Crippen LogP contribution is -2.23. The zero-order valence-corrected chi connectivity index (χ0v) is 12.5. The van der Waals surface area contributed by atoms with Crippen molar-refractivity contribution >= 4 is 17.3 Å². The lowest BCUT2D eigenvalue weighted by atomic mass is 9.97. The number of thiazole rings is 1. The number of rotatable bonds is 6. The van der Waals surface area contributed by atoms with Gasteiger partial charge in [0.15, 0.2) is 0 Å². The van der Waals surface area contributed by atoms with Gasteiger partial charge in [-0.25, -0.2) is 9.67 Å². The molecule has 0 saturated heterocycles. The van der Waals surface area contributed by atoms with Gasteiger partial charge in [0.05, 0.1) is 17.5 Å². The first-order chi connectivity index (χ1) is 9.47. The number of hydrogen-bond donors (Lipinski definition) is 1. The Kier molecular flexibility index (Phi) is 4.43. The lowest BCUT2D eigenvalue weighted by molar-refractivity contribution is -0.142. The molecule has 7 nitrogen and oxygen atoms in total. The topological polar surface area (TPSA) is 93.8 Å². The number of aliphatic carboxylic acids is 1. The Hall–Kier alpha value is -1.83. The van der Waals surface area contributed by atoms with Crippen molar-refractivity contribution in [3.05, 3.63) is 10.4 Å². The summed E-state index contributed by atoms with van der Waals surface area (Å²) in [6.45, 7) is 6.16. The van der Waals surface area contributed by atoms with Crippen molar-refractivity contribution in [3.8, 4) is 11.5 Å². The van der Waals surface area contributed by atoms with Crippen LogP contribution in [0.25, 0.3) is 11.5 Å². The first-order valence-electron chi connectivity index (χ1n) is 6.39. The Morgan fingerprint density at radius 1 is 1.50 bits per heavy atom. The van der Waals surface area contributed by atoms with Crippen LogP contribution in [0.5, 0.6) is 0 Å². The number of carboxylic acid groups (broad SMARTS) is 1. The Labute approximate surface area is 120 Å². The SMILES string of the molecule is Cc1nc(-c2nnnn2CC(CC(C)C)C(=O)O)cs1. The van der Waals surface area contributed by atoms with Crippen LogP contribution < -0.4 is 0 Å². The third-order valence-corrected chi connectivity index (χ3v) is 3.65. The molecule has 0 aliphatic rings. The maximum atomic E-state index is 11.3. The number of nitrogens with zero attached hydrogens (tertiary/aromatic N) is 5. The second kappa shape index (κ2) is 6.08. The molecule has 8 heteroatoms. The predicted molar refractivity (Wildman–Crippen MR) is 74.2 cm³/mol. The second-order valence-electron chi connectivity index (χ2n) is 5.10. The summed E-state index contributed by atoms with van der Waals surface area (Å²) in [6.07, 6.45) is 0.588. The molecule has 0 aliphatic carbocycles. The Morgan fingerprint density at radius 2 is 2.25 bits per heavy atom. The quantitative estimate of drug-likeness (QED) is 0.874. The molecule has 2 aromatic rings. The van der Waals surface area contributed by atoms with Gasteiger partial charge in [-0.1, -0.05) is 13.8 Å². The predicted octanol–water partition coefficient (Wildman–Crippen LogP) is 1.85. The first-order valence-corrected chi connectivity index (χ1v) is 7.26. The van der Waals surface area contributed by atoms with Gasteiger partial charge < -0.3 is 5.11 Å². The minimum absolute atomic E-state index is 0.256. The third-order valence-electron chi connectivity index (χ3n) is 2.88. The van der Waals surface area contributed by atoms with Crippen LogP contribution in [0.3, 0.4) is 0 Å². The maximum absolute atomic E-state index is 11.3. The molecular weight excluding hydrogens is 278 g/mol. The molecule has 1 atom stereocenters. The molecule has 2 rings (SSSR count). The van der Waals surface area contributed by atoms with Crippen molar-refractivity contribution in [1.82, 2.24) is 25.2 Å². The van der Waals surface area contributed by atoms with E-state index in [0.29, 0.717) is 23.9 Å². The summed E-state index contributed by atoms with van der Waals surface area (Å²) >= 11 is 1.51. The van der Waals surface area contributed by atoms with Crippen molar-refractivity contribution in [2.24, 2.45) is 11.8 Å². The molecule has 1 N–H and O–H groups in total. The van der Waals surface area contributed by atoms with E-state index in [-0.39, 0.29) is 6.54 Å². The van der Waals surface area contributed by atoms with Gasteiger partial charge in [-0.15, -0.1) is 16.4 Å². The molecule has 0 bridgehead atoms. The molecule has 2 heterocycles. The average molecular weight is 295 g/mol. The zero-order valence-electron chi connectivity index (χ0n) is 11.6. The van der Waals surface area contributed by atoms with Gasteiger partial charge in [-0.05, 0) is 29.7 Å². The zero-order chi connectivity index (χ0) is 14.7. The van der Waals surface area contributed by atoms with Crippen LogP contribution in [0.15, 0.2) is 5.38 Å². The highest BCUT2D eigenvalue weighted by atomic mass is 32.1. The number of carbonyl (C=O) groups is 1. The fraction of sp³-hybridized carbons (Fsp3) is 0.583. The number of tetrazole rings is 1. The molecule has 0 amide bonds. The van der Waals surface area contributed by atoms with Crippen molar-refractivity contribution in [2.75, 3.05) is 0 Å². The molecule has 2 aromatic heterocycles. The first kappa shape index (κ1) is 14.6. The number of aromatic nitrogens is 5. The van der Waals surface area contributed by atoms with Crippen molar-refractivity contribution in [1.29, 1.82) is 0 Å². The van der Waals surface area contributed by atoms with Gasteiger partial charge in [0.1, 0.15) is 5.69 Å². The lowest BCUT2D eigenvalue weighted by Gasteiger charge is -2.14. The second-order valence-corrected chi connectivity index (χ2v) is 6.16. The minimum Gasteiger partial charge on any atom is -0.481 e. The minimum atomic E-state index is -0.824. The molecule has 0 aromatic carbocycles. The van der Waals surface area contributed by atoms with E-state index in [1.54, 1.807) is 0 Å². The van der Waals surface area contributed by atoms with Crippen molar-refractivity contribution < 1.29 is 9.90 Å². The van der Waals surface area contributed by atoms with E-state index >= 15 is 0 Å². The summed E-state index contributed by atoms with van der Waals surface area (Å²) in [5, 5.41) is 23.6. The molecule has 0 aliphatic heterocycles. The molecule has 108 valence electrons. The highest BCUT2D eigenvalue weighted by Crippen LogP contribution is 2.21. The monoisotopic (exact) mass is 295 g/mol. The summed E-state index contributed by atoms with van der Waals surface area (Å²) in [7, 11) is 0. The van der Waals surface area contributed by atoms with Crippen LogP contribution >= 0.6 is 11.3 Å². The van der Waals surface area contributed by atoms with Crippen molar-refractivity contribution in [2.45, 2.75) is 33.7 Å². The maximum Gasteiger partial charge on any atom is 0.308 e. The fourth-order valence-corrected chi connectivity index (χ4v) is 2.60. The molecule has 0 spiro atoms. The van der Waals surface area contributed by atoms with E-state index in [1.807, 2.05) is 26.2 Å². The summed E-state index contributed by atoms with van der Waals surface area (Å²) < 4.78 is 1.52. The third kappa shape index (κ3) is 3.38. The fourth-order valence-electron chi connectivity index (χ4n) is 2.01. The van der Waals surface area contributed by atoms with Crippen molar-refractivity contribution in [3.63, 3.8) is 0 Å². The van der Waals surface area contributed by atoms with Crippen LogP contribution in [0, 0.1) is 18.8 Å². The summed E-state index contributed by atoms with van der Waals surface area (Å²) in [5.74, 6) is -0.506. The van der Waals surface area contributed by atoms with Gasteiger partial charge in [0.2, 0.25) is 5.82 Å².